The molecule has 4 nitrogen and oxygen atoms in total. The number of hydrogen-bond acceptors (Lipinski definition) is 2. The van der Waals surface area contributed by atoms with Gasteiger partial charge < -0.3 is 9.80 Å². The Morgan fingerprint density at radius 2 is 1.00 bits per heavy atom. The van der Waals surface area contributed by atoms with E-state index in [9.17, 15) is 9.59 Å². The lowest BCUT2D eigenvalue weighted by Crippen LogP contribution is -2.39. The largest absolute Gasteiger partial charge is 0.339 e. The van der Waals surface area contributed by atoms with Crippen molar-refractivity contribution in [1.82, 2.24) is 9.80 Å². The Balaban J connectivity index is 1.15. The zero-order valence-electron chi connectivity index (χ0n) is 19.6. The van der Waals surface area contributed by atoms with Crippen LogP contribution in [0.1, 0.15) is 65.7 Å². The lowest BCUT2D eigenvalue weighted by molar-refractivity contribution is 0.0680. The second-order valence-electron chi connectivity index (χ2n) is 9.66. The summed E-state index contributed by atoms with van der Waals surface area (Å²) in [5.74, 6) is 1.40. The number of nitrogens with zero attached hydrogens (tertiary/aromatic N) is 2. The molecule has 0 aliphatic carbocycles. The van der Waals surface area contributed by atoms with E-state index >= 15 is 0 Å². The molecule has 2 fully saturated rings. The maximum atomic E-state index is 12.8. The third kappa shape index (κ3) is 6.85. The molecule has 0 saturated carbocycles. The summed E-state index contributed by atoms with van der Waals surface area (Å²) < 4.78 is 0. The molecular formula is C27H30Cl4N2O2. The van der Waals surface area contributed by atoms with Gasteiger partial charge in [0.15, 0.2) is 0 Å². The van der Waals surface area contributed by atoms with Gasteiger partial charge in [-0.2, -0.15) is 0 Å². The summed E-state index contributed by atoms with van der Waals surface area (Å²) >= 11 is 24.1. The van der Waals surface area contributed by atoms with E-state index in [1.54, 1.807) is 36.4 Å². The first-order valence-electron chi connectivity index (χ1n) is 12.3. The quantitative estimate of drug-likeness (QED) is 0.363. The maximum absolute atomic E-state index is 12.8. The molecule has 0 bridgehead atoms. The number of carbonyl (C=O) groups is 2. The second-order valence-corrected chi connectivity index (χ2v) is 11.3. The predicted molar refractivity (Wildman–Crippen MR) is 144 cm³/mol. The number of rotatable bonds is 6. The van der Waals surface area contributed by atoms with Crippen LogP contribution in [-0.2, 0) is 0 Å². The third-order valence-electron chi connectivity index (χ3n) is 7.36. The van der Waals surface area contributed by atoms with Crippen molar-refractivity contribution in [1.29, 1.82) is 0 Å². The van der Waals surface area contributed by atoms with Crippen LogP contribution in [-0.4, -0.2) is 47.8 Å². The van der Waals surface area contributed by atoms with E-state index in [1.165, 1.54) is 19.3 Å². The lowest BCUT2D eigenvalue weighted by atomic mass is 9.86. The second kappa shape index (κ2) is 12.2. The molecule has 35 heavy (non-hydrogen) atoms. The molecule has 0 aromatic heterocycles. The molecule has 0 radical (unpaired) electrons. The van der Waals surface area contributed by atoms with Gasteiger partial charge in [-0.1, -0.05) is 65.7 Å². The average molecular weight is 556 g/mol. The van der Waals surface area contributed by atoms with E-state index in [-0.39, 0.29) is 11.8 Å². The molecular weight excluding hydrogens is 526 g/mol. The van der Waals surface area contributed by atoms with Crippen LogP contribution in [0.3, 0.4) is 0 Å². The third-order valence-corrected chi connectivity index (χ3v) is 8.84. The Morgan fingerprint density at radius 3 is 1.34 bits per heavy atom. The maximum Gasteiger partial charge on any atom is 0.253 e. The van der Waals surface area contributed by atoms with Crippen molar-refractivity contribution < 1.29 is 9.59 Å². The van der Waals surface area contributed by atoms with Gasteiger partial charge in [0, 0.05) is 37.3 Å². The highest BCUT2D eigenvalue weighted by atomic mass is 35.5. The van der Waals surface area contributed by atoms with Crippen molar-refractivity contribution >= 4 is 58.2 Å². The van der Waals surface area contributed by atoms with Crippen molar-refractivity contribution in [3.63, 3.8) is 0 Å². The molecule has 2 amide bonds. The Labute approximate surface area is 227 Å². The molecule has 2 saturated heterocycles. The van der Waals surface area contributed by atoms with E-state index in [1.807, 2.05) is 9.80 Å². The van der Waals surface area contributed by atoms with Crippen molar-refractivity contribution in [3.05, 3.63) is 67.6 Å². The molecule has 4 rings (SSSR count). The van der Waals surface area contributed by atoms with E-state index < -0.39 is 0 Å². The summed E-state index contributed by atoms with van der Waals surface area (Å²) in [6, 6.07) is 10.1. The summed E-state index contributed by atoms with van der Waals surface area (Å²) in [4.78, 5) is 29.4. The molecule has 2 heterocycles. The Kier molecular flexibility index (Phi) is 9.26. The highest BCUT2D eigenvalue weighted by Gasteiger charge is 2.26. The first-order valence-corrected chi connectivity index (χ1v) is 13.8. The van der Waals surface area contributed by atoms with Crippen LogP contribution < -0.4 is 0 Å². The van der Waals surface area contributed by atoms with Gasteiger partial charge in [0.2, 0.25) is 0 Å². The number of hydrogen-bond donors (Lipinski definition) is 0. The van der Waals surface area contributed by atoms with E-state index in [0.717, 1.165) is 51.9 Å². The molecule has 0 atom stereocenters. The Hall–Kier alpha value is -1.46. The Bertz CT molecular complexity index is 978. The molecule has 0 spiro atoms. The van der Waals surface area contributed by atoms with Gasteiger partial charge in [-0.05, 0) is 73.9 Å². The predicted octanol–water partition coefficient (Wildman–Crippen LogP) is 7.88. The summed E-state index contributed by atoms with van der Waals surface area (Å²) in [7, 11) is 0. The van der Waals surface area contributed by atoms with Crippen LogP contribution in [0.5, 0.6) is 0 Å². The van der Waals surface area contributed by atoms with Crippen LogP contribution >= 0.6 is 46.4 Å². The number of likely N-dealkylation sites (tertiary alicyclic amines) is 2. The van der Waals surface area contributed by atoms with Crippen LogP contribution in [0, 0.1) is 11.8 Å². The van der Waals surface area contributed by atoms with E-state index in [0.29, 0.717) is 43.1 Å². The zero-order valence-corrected chi connectivity index (χ0v) is 22.6. The molecule has 188 valence electrons. The molecule has 2 aromatic carbocycles. The van der Waals surface area contributed by atoms with Crippen LogP contribution in [0.15, 0.2) is 36.4 Å². The zero-order chi connectivity index (χ0) is 24.9. The van der Waals surface area contributed by atoms with Crippen molar-refractivity contribution in [2.75, 3.05) is 26.2 Å². The molecule has 0 unspecified atom stereocenters. The standard InChI is InChI=1S/C27H30Cl4N2O2/c28-22-6-4-20(16-24(22)30)26(34)32-12-8-18(9-13-32)2-1-3-19-10-14-33(15-11-19)27(35)21-5-7-23(29)25(31)17-21/h4-7,16-19H,1-3,8-15H2. The van der Waals surface area contributed by atoms with Gasteiger partial charge in [0.05, 0.1) is 20.1 Å². The molecule has 0 N–H and O–H groups in total. The van der Waals surface area contributed by atoms with Gasteiger partial charge in [-0.15, -0.1) is 0 Å². The fraction of sp³-hybridized carbons (Fsp3) is 0.481. The molecule has 2 aliphatic rings. The number of carbonyl (C=O) groups excluding carboxylic acids is 2. The van der Waals surface area contributed by atoms with Gasteiger partial charge in [0.25, 0.3) is 11.8 Å². The van der Waals surface area contributed by atoms with Crippen molar-refractivity contribution in [3.8, 4) is 0 Å². The van der Waals surface area contributed by atoms with Crippen LogP contribution in [0.4, 0.5) is 0 Å². The van der Waals surface area contributed by atoms with E-state index in [4.69, 9.17) is 46.4 Å². The molecule has 2 aliphatic heterocycles. The fourth-order valence-electron chi connectivity index (χ4n) is 5.17. The first-order chi connectivity index (χ1) is 16.8. The molecule has 2 aromatic rings. The average Bonchev–Trinajstić information content (AvgIpc) is 2.87. The summed E-state index contributed by atoms with van der Waals surface area (Å²) in [5, 5.41) is 1.75. The van der Waals surface area contributed by atoms with Gasteiger partial charge in [0.1, 0.15) is 0 Å². The molecule has 8 heteroatoms. The SMILES string of the molecule is O=C(c1ccc(Cl)c(Cl)c1)N1CCC(CCCC2CCN(C(=O)c3ccc(Cl)c(Cl)c3)CC2)CC1. The van der Waals surface area contributed by atoms with E-state index in [2.05, 4.69) is 0 Å². The minimum Gasteiger partial charge on any atom is -0.339 e. The smallest absolute Gasteiger partial charge is 0.253 e. The minimum atomic E-state index is 0.0317. The highest BCUT2D eigenvalue weighted by Crippen LogP contribution is 2.30. The minimum absolute atomic E-state index is 0.0317. The van der Waals surface area contributed by atoms with Crippen LogP contribution in [0.2, 0.25) is 20.1 Å². The lowest BCUT2D eigenvalue weighted by Gasteiger charge is -2.34. The monoisotopic (exact) mass is 554 g/mol. The number of halogens is 4. The normalized spacial score (nSPS) is 17.6. The van der Waals surface area contributed by atoms with Crippen LogP contribution in [0.25, 0.3) is 0 Å². The fourth-order valence-corrected chi connectivity index (χ4v) is 5.76. The Morgan fingerprint density at radius 1 is 0.629 bits per heavy atom. The summed E-state index contributed by atoms with van der Waals surface area (Å²) in [5.41, 5.74) is 1.20. The topological polar surface area (TPSA) is 40.6 Å². The highest BCUT2D eigenvalue weighted by molar-refractivity contribution is 6.42. The van der Waals surface area contributed by atoms with Gasteiger partial charge in [-0.25, -0.2) is 0 Å². The van der Waals surface area contributed by atoms with Gasteiger partial charge in [-0.3, -0.25) is 9.59 Å². The van der Waals surface area contributed by atoms with Gasteiger partial charge >= 0.3 is 0 Å². The summed E-state index contributed by atoms with van der Waals surface area (Å²) in [6.07, 6.45) is 7.80. The van der Waals surface area contributed by atoms with Crippen molar-refractivity contribution in [2.24, 2.45) is 11.8 Å². The first kappa shape index (κ1) is 26.6. The van der Waals surface area contributed by atoms with Crippen molar-refractivity contribution in [2.45, 2.75) is 44.9 Å². The number of piperidine rings is 2. The number of benzene rings is 2. The summed E-state index contributed by atoms with van der Waals surface area (Å²) in [6.45, 7) is 3.16. The number of amides is 2.